The van der Waals surface area contributed by atoms with Crippen molar-refractivity contribution in [2.24, 2.45) is 0 Å². The standard InChI is InChI=1S/C15H24N2O2/c1-10-6-7-12(19-10)13(18)16-11-8-14(2,3)17-15(4,5)9-11/h6-7,11,17H,8-9H2,1-5H3,(H,16,18). The summed E-state index contributed by atoms with van der Waals surface area (Å²) < 4.78 is 5.36. The van der Waals surface area contributed by atoms with Crippen molar-refractivity contribution in [2.75, 3.05) is 0 Å². The van der Waals surface area contributed by atoms with Crippen molar-refractivity contribution >= 4 is 5.91 Å². The molecular weight excluding hydrogens is 240 g/mol. The van der Waals surface area contributed by atoms with Crippen LogP contribution in [0.15, 0.2) is 16.5 Å². The van der Waals surface area contributed by atoms with Gasteiger partial charge in [-0.1, -0.05) is 0 Å². The van der Waals surface area contributed by atoms with Crippen molar-refractivity contribution in [3.05, 3.63) is 23.7 Å². The Labute approximate surface area is 114 Å². The van der Waals surface area contributed by atoms with E-state index in [1.807, 2.05) is 13.0 Å². The molecule has 0 aliphatic carbocycles. The zero-order valence-corrected chi connectivity index (χ0v) is 12.5. The normalized spacial score (nSPS) is 22.2. The van der Waals surface area contributed by atoms with Crippen LogP contribution in [0.1, 0.15) is 56.9 Å². The topological polar surface area (TPSA) is 54.3 Å². The van der Waals surface area contributed by atoms with Gasteiger partial charge in [-0.3, -0.25) is 4.79 Å². The molecule has 106 valence electrons. The Morgan fingerprint density at radius 2 is 1.84 bits per heavy atom. The van der Waals surface area contributed by atoms with E-state index in [0.717, 1.165) is 18.6 Å². The van der Waals surface area contributed by atoms with E-state index >= 15 is 0 Å². The molecule has 19 heavy (non-hydrogen) atoms. The maximum absolute atomic E-state index is 12.1. The van der Waals surface area contributed by atoms with Crippen molar-refractivity contribution < 1.29 is 9.21 Å². The largest absolute Gasteiger partial charge is 0.456 e. The van der Waals surface area contributed by atoms with Gasteiger partial charge in [-0.05, 0) is 59.6 Å². The van der Waals surface area contributed by atoms with Crippen LogP contribution >= 0.6 is 0 Å². The number of nitrogens with one attached hydrogen (secondary N) is 2. The molecule has 0 unspecified atom stereocenters. The predicted octanol–water partition coefficient (Wildman–Crippen LogP) is 2.63. The van der Waals surface area contributed by atoms with Gasteiger partial charge >= 0.3 is 0 Å². The molecule has 2 N–H and O–H groups in total. The molecule has 2 rings (SSSR count). The van der Waals surface area contributed by atoms with Gasteiger partial charge in [0.05, 0.1) is 0 Å². The molecule has 1 aliphatic heterocycles. The average molecular weight is 264 g/mol. The summed E-state index contributed by atoms with van der Waals surface area (Å²) in [5, 5.41) is 6.69. The summed E-state index contributed by atoms with van der Waals surface area (Å²) in [5.41, 5.74) is 0.0531. The van der Waals surface area contributed by atoms with E-state index in [2.05, 4.69) is 38.3 Å². The summed E-state index contributed by atoms with van der Waals surface area (Å²) >= 11 is 0. The molecule has 1 amide bonds. The predicted molar refractivity (Wildman–Crippen MR) is 75.2 cm³/mol. The molecule has 1 aliphatic rings. The summed E-state index contributed by atoms with van der Waals surface area (Å²) in [6, 6.07) is 3.71. The van der Waals surface area contributed by atoms with Crippen LogP contribution < -0.4 is 10.6 Å². The number of hydrogen-bond donors (Lipinski definition) is 2. The van der Waals surface area contributed by atoms with E-state index < -0.39 is 0 Å². The summed E-state index contributed by atoms with van der Waals surface area (Å²) in [4.78, 5) is 12.1. The molecule has 1 fully saturated rings. The third-order valence-electron chi connectivity index (χ3n) is 3.49. The van der Waals surface area contributed by atoms with Crippen LogP contribution in [0.5, 0.6) is 0 Å². The highest BCUT2D eigenvalue weighted by molar-refractivity contribution is 5.91. The van der Waals surface area contributed by atoms with E-state index in [4.69, 9.17) is 4.42 Å². The van der Waals surface area contributed by atoms with E-state index in [-0.39, 0.29) is 23.0 Å². The molecule has 0 radical (unpaired) electrons. The first-order valence-electron chi connectivity index (χ1n) is 6.84. The number of carbonyl (C=O) groups is 1. The minimum Gasteiger partial charge on any atom is -0.456 e. The second-order valence-corrected chi connectivity index (χ2v) is 6.88. The Morgan fingerprint density at radius 3 is 2.32 bits per heavy atom. The lowest BCUT2D eigenvalue weighted by Crippen LogP contribution is -2.62. The molecule has 0 spiro atoms. The van der Waals surface area contributed by atoms with Gasteiger partial charge in [-0.15, -0.1) is 0 Å². The fourth-order valence-electron chi connectivity index (χ4n) is 3.24. The monoisotopic (exact) mass is 264 g/mol. The van der Waals surface area contributed by atoms with Crippen LogP contribution in [0.2, 0.25) is 0 Å². The number of rotatable bonds is 2. The smallest absolute Gasteiger partial charge is 0.287 e. The quantitative estimate of drug-likeness (QED) is 0.863. The first-order chi connectivity index (χ1) is 8.67. The lowest BCUT2D eigenvalue weighted by molar-refractivity contribution is 0.0845. The highest BCUT2D eigenvalue weighted by Crippen LogP contribution is 2.28. The molecule has 0 atom stereocenters. The molecular formula is C15H24N2O2. The number of aryl methyl sites for hydroxylation is 1. The molecule has 4 nitrogen and oxygen atoms in total. The fraction of sp³-hybridized carbons (Fsp3) is 0.667. The van der Waals surface area contributed by atoms with Crippen molar-refractivity contribution in [1.82, 2.24) is 10.6 Å². The van der Waals surface area contributed by atoms with Gasteiger partial charge in [0.25, 0.3) is 5.91 Å². The van der Waals surface area contributed by atoms with Gasteiger partial charge in [0.1, 0.15) is 5.76 Å². The van der Waals surface area contributed by atoms with Crippen molar-refractivity contribution in [1.29, 1.82) is 0 Å². The highest BCUT2D eigenvalue weighted by atomic mass is 16.3. The Kier molecular flexibility index (Phi) is 3.47. The third-order valence-corrected chi connectivity index (χ3v) is 3.49. The third kappa shape index (κ3) is 3.60. The number of hydrogen-bond acceptors (Lipinski definition) is 3. The van der Waals surface area contributed by atoms with Crippen molar-refractivity contribution in [2.45, 2.75) is 64.6 Å². The van der Waals surface area contributed by atoms with Gasteiger partial charge in [-0.2, -0.15) is 0 Å². The lowest BCUT2D eigenvalue weighted by atomic mass is 9.79. The van der Waals surface area contributed by atoms with Gasteiger partial charge < -0.3 is 15.1 Å². The number of furan rings is 1. The molecule has 1 aromatic heterocycles. The summed E-state index contributed by atoms with van der Waals surface area (Å²) in [5.74, 6) is 1.04. The van der Waals surface area contributed by atoms with Crippen LogP contribution in [0, 0.1) is 6.92 Å². The Morgan fingerprint density at radius 1 is 1.26 bits per heavy atom. The molecule has 2 heterocycles. The molecule has 0 bridgehead atoms. The van der Waals surface area contributed by atoms with Gasteiger partial charge in [0, 0.05) is 17.1 Å². The second kappa shape index (κ2) is 4.67. The highest BCUT2D eigenvalue weighted by Gasteiger charge is 2.38. The maximum Gasteiger partial charge on any atom is 0.287 e. The summed E-state index contributed by atoms with van der Waals surface area (Å²) in [6.07, 6.45) is 1.84. The maximum atomic E-state index is 12.1. The van der Waals surface area contributed by atoms with Crippen LogP contribution in [-0.4, -0.2) is 23.0 Å². The van der Waals surface area contributed by atoms with E-state index in [9.17, 15) is 4.79 Å². The van der Waals surface area contributed by atoms with E-state index in [0.29, 0.717) is 5.76 Å². The molecule has 4 heteroatoms. The number of carbonyl (C=O) groups excluding carboxylic acids is 1. The molecule has 1 aromatic rings. The van der Waals surface area contributed by atoms with Crippen LogP contribution in [0.25, 0.3) is 0 Å². The van der Waals surface area contributed by atoms with Crippen LogP contribution in [0.3, 0.4) is 0 Å². The van der Waals surface area contributed by atoms with Crippen LogP contribution in [0.4, 0.5) is 0 Å². The SMILES string of the molecule is Cc1ccc(C(=O)NC2CC(C)(C)NC(C)(C)C2)o1. The molecule has 0 saturated carbocycles. The lowest BCUT2D eigenvalue weighted by Gasteiger charge is -2.46. The number of piperidine rings is 1. The molecule has 1 saturated heterocycles. The minimum absolute atomic E-state index is 0.0266. The molecule has 0 aromatic carbocycles. The number of amides is 1. The first-order valence-corrected chi connectivity index (χ1v) is 6.84. The van der Waals surface area contributed by atoms with Crippen molar-refractivity contribution in [3.63, 3.8) is 0 Å². The first kappa shape index (κ1) is 14.1. The van der Waals surface area contributed by atoms with Gasteiger partial charge in [0.15, 0.2) is 5.76 Å². The Hall–Kier alpha value is -1.29. The summed E-state index contributed by atoms with van der Waals surface area (Å²) in [7, 11) is 0. The zero-order chi connectivity index (χ0) is 14.3. The Bertz CT molecular complexity index is 458. The Balaban J connectivity index is 2.04. The van der Waals surface area contributed by atoms with Gasteiger partial charge in [0.2, 0.25) is 0 Å². The van der Waals surface area contributed by atoms with Crippen LogP contribution in [-0.2, 0) is 0 Å². The minimum atomic E-state index is -0.119. The van der Waals surface area contributed by atoms with E-state index in [1.165, 1.54) is 0 Å². The van der Waals surface area contributed by atoms with E-state index in [1.54, 1.807) is 6.07 Å². The van der Waals surface area contributed by atoms with Crippen molar-refractivity contribution in [3.8, 4) is 0 Å². The average Bonchev–Trinajstić information content (AvgIpc) is 2.59. The fourth-order valence-corrected chi connectivity index (χ4v) is 3.24. The second-order valence-electron chi connectivity index (χ2n) is 6.88. The summed E-state index contributed by atoms with van der Waals surface area (Å²) in [6.45, 7) is 10.5. The zero-order valence-electron chi connectivity index (χ0n) is 12.5. The van der Waals surface area contributed by atoms with Gasteiger partial charge in [-0.25, -0.2) is 0 Å².